The lowest BCUT2D eigenvalue weighted by Gasteiger charge is -2.13. The summed E-state index contributed by atoms with van der Waals surface area (Å²) in [7, 11) is 0. The Hall–Kier alpha value is -2.62. The van der Waals surface area contributed by atoms with Crippen LogP contribution in [0.4, 0.5) is 5.69 Å². The third-order valence-corrected chi connectivity index (χ3v) is 3.41. The number of hydrogen-bond donors (Lipinski definition) is 2. The molecule has 0 spiro atoms. The van der Waals surface area contributed by atoms with Crippen LogP contribution in [-0.4, -0.2) is 17.0 Å². The van der Waals surface area contributed by atoms with E-state index in [0.29, 0.717) is 11.3 Å². The van der Waals surface area contributed by atoms with Crippen LogP contribution >= 0.6 is 0 Å². The van der Waals surface area contributed by atoms with Crippen molar-refractivity contribution in [3.63, 3.8) is 0 Å². The average Bonchev–Trinajstić information content (AvgIpc) is 2.42. The first-order valence-corrected chi connectivity index (χ1v) is 6.61. The number of carboxylic acid groups (broad SMARTS) is 1. The third kappa shape index (κ3) is 3.11. The van der Waals surface area contributed by atoms with Crippen molar-refractivity contribution < 1.29 is 14.7 Å². The van der Waals surface area contributed by atoms with E-state index in [0.717, 1.165) is 16.7 Å². The normalized spacial score (nSPS) is 10.2. The van der Waals surface area contributed by atoms with Crippen molar-refractivity contribution >= 4 is 17.6 Å². The van der Waals surface area contributed by atoms with E-state index in [1.165, 1.54) is 0 Å². The van der Waals surface area contributed by atoms with Crippen LogP contribution in [-0.2, 0) is 0 Å². The van der Waals surface area contributed by atoms with E-state index in [4.69, 9.17) is 5.11 Å². The number of carboxylic acids is 1. The summed E-state index contributed by atoms with van der Waals surface area (Å²) in [6, 6.07) is 10.5. The molecule has 0 fully saturated rings. The van der Waals surface area contributed by atoms with Crippen LogP contribution in [0.5, 0.6) is 0 Å². The van der Waals surface area contributed by atoms with Gasteiger partial charge >= 0.3 is 5.97 Å². The summed E-state index contributed by atoms with van der Waals surface area (Å²) >= 11 is 0. The summed E-state index contributed by atoms with van der Waals surface area (Å²) in [5, 5.41) is 11.9. The molecular formula is C17H17NO3. The van der Waals surface area contributed by atoms with Gasteiger partial charge in [-0.15, -0.1) is 0 Å². The smallest absolute Gasteiger partial charge is 0.335 e. The minimum Gasteiger partial charge on any atom is -0.478 e. The van der Waals surface area contributed by atoms with Crippen molar-refractivity contribution in [2.24, 2.45) is 0 Å². The lowest BCUT2D eigenvalue weighted by Crippen LogP contribution is -2.15. The van der Waals surface area contributed by atoms with Gasteiger partial charge in [0, 0.05) is 11.3 Å². The fourth-order valence-electron chi connectivity index (χ4n) is 2.29. The minimum atomic E-state index is -0.974. The van der Waals surface area contributed by atoms with Crippen LogP contribution in [0.2, 0.25) is 0 Å². The quantitative estimate of drug-likeness (QED) is 0.905. The summed E-state index contributed by atoms with van der Waals surface area (Å²) in [4.78, 5) is 23.3. The molecule has 0 atom stereocenters. The Balaban J connectivity index is 2.34. The van der Waals surface area contributed by atoms with Gasteiger partial charge < -0.3 is 10.4 Å². The Morgan fingerprint density at radius 3 is 2.05 bits per heavy atom. The van der Waals surface area contributed by atoms with Gasteiger partial charge in [0.2, 0.25) is 0 Å². The van der Waals surface area contributed by atoms with Gasteiger partial charge in [0.1, 0.15) is 0 Å². The van der Waals surface area contributed by atoms with Gasteiger partial charge in [0.15, 0.2) is 0 Å². The predicted octanol–water partition coefficient (Wildman–Crippen LogP) is 3.56. The minimum absolute atomic E-state index is 0.192. The highest BCUT2D eigenvalue weighted by molar-refractivity contribution is 6.06. The fourth-order valence-corrected chi connectivity index (χ4v) is 2.29. The molecule has 0 radical (unpaired) electrons. The monoisotopic (exact) mass is 283 g/mol. The van der Waals surface area contributed by atoms with Gasteiger partial charge in [-0.2, -0.15) is 0 Å². The molecule has 2 aromatic carbocycles. The number of aromatic carboxylic acids is 1. The SMILES string of the molecule is Cc1ccccc1C(=O)Nc1c(C)cc(C(=O)O)cc1C. The van der Waals surface area contributed by atoms with Gasteiger partial charge in [0.25, 0.3) is 5.91 Å². The zero-order chi connectivity index (χ0) is 15.6. The Morgan fingerprint density at radius 1 is 0.952 bits per heavy atom. The van der Waals surface area contributed by atoms with Gasteiger partial charge in [-0.3, -0.25) is 4.79 Å². The number of nitrogens with one attached hydrogen (secondary N) is 1. The van der Waals surface area contributed by atoms with E-state index in [2.05, 4.69) is 5.32 Å². The number of aryl methyl sites for hydroxylation is 3. The van der Waals surface area contributed by atoms with Crippen molar-refractivity contribution in [3.8, 4) is 0 Å². The molecule has 2 rings (SSSR count). The van der Waals surface area contributed by atoms with Crippen molar-refractivity contribution in [1.29, 1.82) is 0 Å². The van der Waals surface area contributed by atoms with Gasteiger partial charge in [-0.1, -0.05) is 18.2 Å². The average molecular weight is 283 g/mol. The van der Waals surface area contributed by atoms with E-state index in [9.17, 15) is 9.59 Å². The largest absolute Gasteiger partial charge is 0.478 e. The highest BCUT2D eigenvalue weighted by Crippen LogP contribution is 2.23. The van der Waals surface area contributed by atoms with Crippen LogP contribution in [0, 0.1) is 20.8 Å². The van der Waals surface area contributed by atoms with Crippen LogP contribution in [0.3, 0.4) is 0 Å². The van der Waals surface area contributed by atoms with E-state index in [1.54, 1.807) is 32.0 Å². The van der Waals surface area contributed by atoms with E-state index in [-0.39, 0.29) is 11.5 Å². The summed E-state index contributed by atoms with van der Waals surface area (Å²) in [5.41, 5.74) is 3.85. The molecule has 21 heavy (non-hydrogen) atoms. The Bertz CT molecular complexity index is 697. The Labute approximate surface area is 123 Å². The predicted molar refractivity (Wildman–Crippen MR) is 82.0 cm³/mol. The first-order valence-electron chi connectivity index (χ1n) is 6.61. The maximum atomic E-state index is 12.3. The zero-order valence-electron chi connectivity index (χ0n) is 12.2. The molecule has 0 heterocycles. The van der Waals surface area contributed by atoms with Crippen molar-refractivity contribution in [2.45, 2.75) is 20.8 Å². The maximum absolute atomic E-state index is 12.3. The Kier molecular flexibility index (Phi) is 4.08. The molecule has 0 saturated heterocycles. The summed E-state index contributed by atoms with van der Waals surface area (Å²) in [6.45, 7) is 5.45. The molecule has 0 bridgehead atoms. The first kappa shape index (κ1) is 14.8. The molecule has 0 unspecified atom stereocenters. The van der Waals surface area contributed by atoms with Gasteiger partial charge in [-0.05, 0) is 55.7 Å². The summed E-state index contributed by atoms with van der Waals surface area (Å²) in [5.74, 6) is -1.17. The van der Waals surface area contributed by atoms with Crippen LogP contribution in [0.1, 0.15) is 37.4 Å². The number of anilines is 1. The topological polar surface area (TPSA) is 66.4 Å². The number of amides is 1. The highest BCUT2D eigenvalue weighted by atomic mass is 16.4. The molecule has 1 amide bonds. The summed E-state index contributed by atoms with van der Waals surface area (Å²) in [6.07, 6.45) is 0. The number of carbonyl (C=O) groups is 2. The zero-order valence-corrected chi connectivity index (χ0v) is 12.2. The maximum Gasteiger partial charge on any atom is 0.335 e. The third-order valence-electron chi connectivity index (χ3n) is 3.41. The van der Waals surface area contributed by atoms with Gasteiger partial charge in [-0.25, -0.2) is 4.79 Å². The molecule has 2 N–H and O–H groups in total. The highest BCUT2D eigenvalue weighted by Gasteiger charge is 2.14. The molecule has 2 aromatic rings. The standard InChI is InChI=1S/C17H17NO3/c1-10-6-4-5-7-14(10)16(19)18-15-11(2)8-13(17(20)21)9-12(15)3/h4-9H,1-3H3,(H,18,19)(H,20,21). The molecule has 0 aliphatic carbocycles. The molecule has 4 heteroatoms. The molecule has 108 valence electrons. The molecule has 0 saturated carbocycles. The second-order valence-electron chi connectivity index (χ2n) is 5.06. The van der Waals surface area contributed by atoms with E-state index in [1.807, 2.05) is 25.1 Å². The van der Waals surface area contributed by atoms with Gasteiger partial charge in [0.05, 0.1) is 5.56 Å². The molecule has 0 aliphatic heterocycles. The number of benzene rings is 2. The Morgan fingerprint density at radius 2 is 1.52 bits per heavy atom. The fraction of sp³-hybridized carbons (Fsp3) is 0.176. The lowest BCUT2D eigenvalue weighted by atomic mass is 10.0. The second kappa shape index (κ2) is 5.79. The second-order valence-corrected chi connectivity index (χ2v) is 5.06. The number of carbonyl (C=O) groups excluding carboxylic acids is 1. The van der Waals surface area contributed by atoms with Crippen LogP contribution < -0.4 is 5.32 Å². The summed E-state index contributed by atoms with van der Waals surface area (Å²) < 4.78 is 0. The van der Waals surface area contributed by atoms with Crippen LogP contribution in [0.15, 0.2) is 36.4 Å². The lowest BCUT2D eigenvalue weighted by molar-refractivity contribution is 0.0696. The molecular weight excluding hydrogens is 266 g/mol. The molecule has 4 nitrogen and oxygen atoms in total. The van der Waals surface area contributed by atoms with E-state index < -0.39 is 5.97 Å². The number of hydrogen-bond acceptors (Lipinski definition) is 2. The van der Waals surface area contributed by atoms with E-state index >= 15 is 0 Å². The van der Waals surface area contributed by atoms with Crippen LogP contribution in [0.25, 0.3) is 0 Å². The van der Waals surface area contributed by atoms with Crippen molar-refractivity contribution in [2.75, 3.05) is 5.32 Å². The van der Waals surface area contributed by atoms with Crippen molar-refractivity contribution in [1.82, 2.24) is 0 Å². The molecule has 0 aromatic heterocycles. The first-order chi connectivity index (χ1) is 9.90. The molecule has 0 aliphatic rings. The van der Waals surface area contributed by atoms with Crippen molar-refractivity contribution in [3.05, 3.63) is 64.2 Å². The number of rotatable bonds is 3.